The maximum absolute atomic E-state index is 12.5. The highest BCUT2D eigenvalue weighted by Gasteiger charge is 2.33. The van der Waals surface area contributed by atoms with Crippen LogP contribution in [0.25, 0.3) is 0 Å². The molecule has 4 heteroatoms. The molecule has 0 heterocycles. The fourth-order valence-corrected chi connectivity index (χ4v) is 3.17. The van der Waals surface area contributed by atoms with Crippen molar-refractivity contribution in [2.45, 2.75) is 46.3 Å². The largest absolute Gasteiger partial charge is 0.458 e. The topological polar surface area (TPSA) is 52.6 Å². The van der Waals surface area contributed by atoms with Crippen LogP contribution in [0.2, 0.25) is 0 Å². The van der Waals surface area contributed by atoms with Gasteiger partial charge in [-0.3, -0.25) is 0 Å². The van der Waals surface area contributed by atoms with Gasteiger partial charge in [0.25, 0.3) is 0 Å². The lowest BCUT2D eigenvalue weighted by molar-refractivity contribution is -0.0427. The molecular formula is C23H28O4. The molecule has 0 saturated heterocycles. The molecule has 144 valence electrons. The smallest absolute Gasteiger partial charge is 0.338 e. The number of rotatable bonds is 8. The minimum Gasteiger partial charge on any atom is -0.458 e. The van der Waals surface area contributed by atoms with Crippen molar-refractivity contribution >= 4 is 11.9 Å². The van der Waals surface area contributed by atoms with Gasteiger partial charge in [0, 0.05) is 5.92 Å². The van der Waals surface area contributed by atoms with E-state index < -0.39 is 0 Å². The Hall–Kier alpha value is -2.62. The number of hydrogen-bond acceptors (Lipinski definition) is 4. The number of carbonyl (C=O) groups excluding carboxylic acids is 2. The molecule has 0 saturated carbocycles. The molecule has 27 heavy (non-hydrogen) atoms. The number of esters is 2. The Morgan fingerprint density at radius 3 is 1.63 bits per heavy atom. The molecule has 0 fully saturated rings. The van der Waals surface area contributed by atoms with Crippen molar-refractivity contribution in [1.82, 2.24) is 0 Å². The highest BCUT2D eigenvalue weighted by molar-refractivity contribution is 5.90. The van der Waals surface area contributed by atoms with Crippen LogP contribution in [0, 0.1) is 11.8 Å². The predicted molar refractivity (Wildman–Crippen MR) is 106 cm³/mol. The molecule has 0 radical (unpaired) electrons. The van der Waals surface area contributed by atoms with E-state index in [-0.39, 0.29) is 36.0 Å². The van der Waals surface area contributed by atoms with Crippen LogP contribution in [-0.4, -0.2) is 24.1 Å². The van der Waals surface area contributed by atoms with Gasteiger partial charge in [-0.2, -0.15) is 0 Å². The Balaban J connectivity index is 2.10. The van der Waals surface area contributed by atoms with E-state index in [1.54, 1.807) is 48.5 Å². The van der Waals surface area contributed by atoms with E-state index in [0.717, 1.165) is 0 Å². The van der Waals surface area contributed by atoms with E-state index in [0.29, 0.717) is 17.5 Å². The van der Waals surface area contributed by atoms with Gasteiger partial charge in [-0.05, 0) is 36.6 Å². The van der Waals surface area contributed by atoms with Gasteiger partial charge in [0.15, 0.2) is 0 Å². The summed E-state index contributed by atoms with van der Waals surface area (Å²) in [5, 5.41) is 0. The summed E-state index contributed by atoms with van der Waals surface area (Å²) >= 11 is 0. The third-order valence-corrected chi connectivity index (χ3v) is 4.68. The third kappa shape index (κ3) is 5.68. The number of hydrogen-bond donors (Lipinski definition) is 0. The monoisotopic (exact) mass is 368 g/mol. The van der Waals surface area contributed by atoms with Gasteiger partial charge in [0.05, 0.1) is 11.1 Å². The standard InChI is InChI=1S/C23H28O4/c1-5-20(26-22(24)18-12-8-6-9-13-18)17(4)21(16(2)3)27-23(25)19-14-10-7-11-15-19/h6-17,20-21H,5H2,1-4H3. The average molecular weight is 368 g/mol. The quantitative estimate of drug-likeness (QED) is 0.606. The van der Waals surface area contributed by atoms with Crippen LogP contribution < -0.4 is 0 Å². The summed E-state index contributed by atoms with van der Waals surface area (Å²) < 4.78 is 11.5. The molecule has 3 unspecified atom stereocenters. The van der Waals surface area contributed by atoms with Crippen molar-refractivity contribution in [1.29, 1.82) is 0 Å². The maximum Gasteiger partial charge on any atom is 0.338 e. The molecule has 4 nitrogen and oxygen atoms in total. The first-order valence-corrected chi connectivity index (χ1v) is 9.46. The van der Waals surface area contributed by atoms with Gasteiger partial charge in [0.2, 0.25) is 0 Å². The summed E-state index contributed by atoms with van der Waals surface area (Å²) in [5.41, 5.74) is 1.04. The van der Waals surface area contributed by atoms with Crippen molar-refractivity contribution in [2.24, 2.45) is 11.8 Å². The second kappa shape index (κ2) is 9.91. The first-order chi connectivity index (χ1) is 12.9. The summed E-state index contributed by atoms with van der Waals surface area (Å²) in [6, 6.07) is 17.9. The summed E-state index contributed by atoms with van der Waals surface area (Å²) in [5.74, 6) is -0.746. The number of carbonyl (C=O) groups is 2. The average Bonchev–Trinajstić information content (AvgIpc) is 2.70. The Morgan fingerprint density at radius 2 is 1.22 bits per heavy atom. The maximum atomic E-state index is 12.5. The van der Waals surface area contributed by atoms with Gasteiger partial charge in [-0.1, -0.05) is 64.1 Å². The van der Waals surface area contributed by atoms with Crippen LogP contribution in [0.3, 0.4) is 0 Å². The van der Waals surface area contributed by atoms with E-state index in [4.69, 9.17) is 9.47 Å². The summed E-state index contributed by atoms with van der Waals surface area (Å²) in [6.07, 6.45) is -0.0498. The molecule has 3 atom stereocenters. The first kappa shape index (κ1) is 20.7. The normalized spacial score (nSPS) is 14.3. The van der Waals surface area contributed by atoms with Crippen LogP contribution in [0.5, 0.6) is 0 Å². The molecule has 2 aromatic carbocycles. The highest BCUT2D eigenvalue weighted by atomic mass is 16.6. The summed E-state index contributed by atoms with van der Waals surface area (Å²) in [6.45, 7) is 7.95. The van der Waals surface area contributed by atoms with Crippen LogP contribution >= 0.6 is 0 Å². The fourth-order valence-electron chi connectivity index (χ4n) is 3.17. The summed E-state index contributed by atoms with van der Waals surface area (Å²) in [4.78, 5) is 24.9. The van der Waals surface area contributed by atoms with Crippen LogP contribution in [0.1, 0.15) is 54.8 Å². The molecular weight excluding hydrogens is 340 g/mol. The second-order valence-electron chi connectivity index (χ2n) is 7.06. The van der Waals surface area contributed by atoms with Gasteiger partial charge in [-0.15, -0.1) is 0 Å². The van der Waals surface area contributed by atoms with Crippen molar-refractivity contribution in [3.63, 3.8) is 0 Å². The van der Waals surface area contributed by atoms with Gasteiger partial charge in [0.1, 0.15) is 12.2 Å². The predicted octanol–water partition coefficient (Wildman–Crippen LogP) is 5.14. The van der Waals surface area contributed by atoms with E-state index >= 15 is 0 Å². The van der Waals surface area contributed by atoms with Crippen molar-refractivity contribution in [3.05, 3.63) is 71.8 Å². The zero-order valence-corrected chi connectivity index (χ0v) is 16.4. The fraction of sp³-hybridized carbons (Fsp3) is 0.391. The molecule has 0 bridgehead atoms. The summed E-state index contributed by atoms with van der Waals surface area (Å²) in [7, 11) is 0. The molecule has 2 rings (SSSR count). The van der Waals surface area contributed by atoms with Crippen molar-refractivity contribution in [3.8, 4) is 0 Å². The van der Waals surface area contributed by atoms with E-state index in [2.05, 4.69) is 0 Å². The zero-order valence-electron chi connectivity index (χ0n) is 16.4. The lowest BCUT2D eigenvalue weighted by Gasteiger charge is -2.32. The van der Waals surface area contributed by atoms with Crippen molar-refractivity contribution < 1.29 is 19.1 Å². The minimum atomic E-state index is -0.356. The number of benzene rings is 2. The molecule has 0 aliphatic heterocycles. The first-order valence-electron chi connectivity index (χ1n) is 9.46. The molecule has 0 aliphatic carbocycles. The molecule has 0 aromatic heterocycles. The Kier molecular flexibility index (Phi) is 7.59. The third-order valence-electron chi connectivity index (χ3n) is 4.68. The molecule has 0 spiro atoms. The molecule has 0 N–H and O–H groups in total. The van der Waals surface area contributed by atoms with Crippen molar-refractivity contribution in [2.75, 3.05) is 0 Å². The molecule has 2 aromatic rings. The van der Waals surface area contributed by atoms with Crippen LogP contribution in [0.4, 0.5) is 0 Å². The Labute approximate surface area is 161 Å². The lowest BCUT2D eigenvalue weighted by Crippen LogP contribution is -2.39. The van der Waals surface area contributed by atoms with Gasteiger partial charge in [-0.25, -0.2) is 9.59 Å². The molecule has 0 aliphatic rings. The SMILES string of the molecule is CCC(OC(=O)c1ccccc1)C(C)C(OC(=O)c1ccccc1)C(C)C. The highest BCUT2D eigenvalue weighted by Crippen LogP contribution is 2.25. The Morgan fingerprint density at radius 1 is 0.778 bits per heavy atom. The van der Waals surface area contributed by atoms with Gasteiger partial charge >= 0.3 is 11.9 Å². The lowest BCUT2D eigenvalue weighted by atomic mass is 9.88. The minimum absolute atomic E-state index is 0.0946. The second-order valence-corrected chi connectivity index (χ2v) is 7.06. The van der Waals surface area contributed by atoms with Crippen LogP contribution in [-0.2, 0) is 9.47 Å². The zero-order chi connectivity index (χ0) is 19.8. The van der Waals surface area contributed by atoms with E-state index in [1.807, 2.05) is 39.8 Å². The Bertz CT molecular complexity index is 725. The molecule has 0 amide bonds. The van der Waals surface area contributed by atoms with E-state index in [1.165, 1.54) is 0 Å². The number of ether oxygens (including phenoxy) is 2. The van der Waals surface area contributed by atoms with Crippen LogP contribution in [0.15, 0.2) is 60.7 Å². The van der Waals surface area contributed by atoms with Gasteiger partial charge < -0.3 is 9.47 Å². The van der Waals surface area contributed by atoms with E-state index in [9.17, 15) is 9.59 Å².